The predicted octanol–water partition coefficient (Wildman–Crippen LogP) is 3.79. The predicted molar refractivity (Wildman–Crippen MR) is 90.4 cm³/mol. The highest BCUT2D eigenvalue weighted by Gasteiger charge is 2.33. The monoisotopic (exact) mass is 384 g/mol. The molecule has 1 aliphatic rings. The van der Waals surface area contributed by atoms with Crippen molar-refractivity contribution in [3.8, 4) is 0 Å². The van der Waals surface area contributed by atoms with Crippen LogP contribution in [0.5, 0.6) is 0 Å². The molecule has 1 aromatic carbocycles. The Bertz CT molecular complexity index is 860. The minimum absolute atomic E-state index is 0.230. The number of fused-ring (bicyclic) bond motifs is 1. The van der Waals surface area contributed by atoms with Gasteiger partial charge in [0.25, 0.3) is 0 Å². The van der Waals surface area contributed by atoms with Gasteiger partial charge in [-0.2, -0.15) is 13.2 Å². The quantitative estimate of drug-likeness (QED) is 0.816. The highest BCUT2D eigenvalue weighted by Crippen LogP contribution is 2.35. The summed E-state index contributed by atoms with van der Waals surface area (Å²) in [5.74, 6) is 1.14. The van der Waals surface area contributed by atoms with E-state index in [0.717, 1.165) is 37.3 Å². The molecule has 138 valence electrons. The number of carbonyl (C=O) groups excluding carboxylic acids is 1. The van der Waals surface area contributed by atoms with Gasteiger partial charge in [-0.1, -0.05) is 17.7 Å². The number of nitrogens with zero attached hydrogens (tertiary/aromatic N) is 3. The molecule has 0 fully saturated rings. The second-order valence-corrected chi connectivity index (χ2v) is 6.44. The first-order valence-corrected chi connectivity index (χ1v) is 8.41. The number of halogens is 4. The summed E-state index contributed by atoms with van der Waals surface area (Å²) < 4.78 is 40.6. The van der Waals surface area contributed by atoms with Crippen molar-refractivity contribution < 1.29 is 18.0 Å². The first-order chi connectivity index (χ1) is 12.3. The van der Waals surface area contributed by atoms with E-state index < -0.39 is 17.6 Å². The summed E-state index contributed by atoms with van der Waals surface area (Å²) in [6.45, 7) is 2.60. The standard InChI is InChI=1S/C17H16ClF3N4O/c1-10(16-24-23-14-3-2-8-25(14)16)22-15(26)7-5-11-4-6-13(18)12(9-11)17(19,20)21/h4-7,9-10H,2-3,8H2,1H3,(H,22,26)/b7-5+. The smallest absolute Gasteiger partial charge is 0.343 e. The summed E-state index contributed by atoms with van der Waals surface area (Å²) in [5.41, 5.74) is -0.706. The van der Waals surface area contributed by atoms with Crippen molar-refractivity contribution in [1.29, 1.82) is 0 Å². The molecule has 0 saturated carbocycles. The SMILES string of the molecule is CC(NC(=O)/C=C/c1ccc(Cl)c(C(F)(F)F)c1)c1nnc2n1CCC2. The number of amides is 1. The topological polar surface area (TPSA) is 59.8 Å². The van der Waals surface area contributed by atoms with Crippen molar-refractivity contribution in [2.75, 3.05) is 0 Å². The van der Waals surface area contributed by atoms with Crippen molar-refractivity contribution in [3.05, 3.63) is 52.1 Å². The van der Waals surface area contributed by atoms with Crippen molar-refractivity contribution >= 4 is 23.6 Å². The van der Waals surface area contributed by atoms with Crippen LogP contribution < -0.4 is 5.32 Å². The van der Waals surface area contributed by atoms with Crippen LogP contribution in [-0.2, 0) is 23.9 Å². The molecule has 0 radical (unpaired) electrons. The maximum absolute atomic E-state index is 12.9. The van der Waals surface area contributed by atoms with Crippen molar-refractivity contribution in [2.24, 2.45) is 0 Å². The molecule has 0 bridgehead atoms. The molecule has 2 aromatic rings. The molecule has 1 aliphatic heterocycles. The molecule has 0 saturated heterocycles. The molecule has 2 heterocycles. The Morgan fingerprint density at radius 2 is 2.15 bits per heavy atom. The van der Waals surface area contributed by atoms with E-state index in [-0.39, 0.29) is 16.6 Å². The average molecular weight is 385 g/mol. The van der Waals surface area contributed by atoms with E-state index in [1.165, 1.54) is 18.2 Å². The maximum atomic E-state index is 12.9. The van der Waals surface area contributed by atoms with E-state index >= 15 is 0 Å². The fourth-order valence-corrected chi connectivity index (χ4v) is 3.08. The summed E-state index contributed by atoms with van der Waals surface area (Å²) >= 11 is 5.58. The normalized spacial score (nSPS) is 15.3. The summed E-state index contributed by atoms with van der Waals surface area (Å²) in [4.78, 5) is 12.1. The van der Waals surface area contributed by atoms with Crippen LogP contribution in [0, 0.1) is 0 Å². The Morgan fingerprint density at radius 3 is 2.88 bits per heavy atom. The second-order valence-electron chi connectivity index (χ2n) is 6.03. The molecule has 9 heteroatoms. The molecule has 0 spiro atoms. The molecule has 0 aliphatic carbocycles. The number of aromatic nitrogens is 3. The molecule has 3 rings (SSSR count). The first kappa shape index (κ1) is 18.4. The molecule has 26 heavy (non-hydrogen) atoms. The van der Waals surface area contributed by atoms with E-state index in [0.29, 0.717) is 5.82 Å². The third-order valence-corrected chi connectivity index (χ3v) is 4.44. The third-order valence-electron chi connectivity index (χ3n) is 4.11. The summed E-state index contributed by atoms with van der Waals surface area (Å²) in [5, 5.41) is 10.5. The van der Waals surface area contributed by atoms with Gasteiger partial charge in [0.1, 0.15) is 5.82 Å². The maximum Gasteiger partial charge on any atom is 0.417 e. The Hall–Kier alpha value is -2.35. The van der Waals surface area contributed by atoms with Crippen LogP contribution in [0.2, 0.25) is 5.02 Å². The zero-order valence-electron chi connectivity index (χ0n) is 13.8. The summed E-state index contributed by atoms with van der Waals surface area (Å²) in [6.07, 6.45) is -0.197. The molecule has 1 aromatic heterocycles. The Labute approximate surface area is 152 Å². The van der Waals surface area contributed by atoms with Gasteiger partial charge in [0.05, 0.1) is 16.6 Å². The van der Waals surface area contributed by atoms with Gasteiger partial charge in [-0.15, -0.1) is 10.2 Å². The lowest BCUT2D eigenvalue weighted by molar-refractivity contribution is -0.137. The number of carbonyl (C=O) groups is 1. The van der Waals surface area contributed by atoms with E-state index in [1.54, 1.807) is 6.92 Å². The summed E-state index contributed by atoms with van der Waals surface area (Å²) in [7, 11) is 0. The zero-order valence-corrected chi connectivity index (χ0v) is 14.6. The van der Waals surface area contributed by atoms with Crippen molar-refractivity contribution in [3.63, 3.8) is 0 Å². The highest BCUT2D eigenvalue weighted by molar-refractivity contribution is 6.31. The largest absolute Gasteiger partial charge is 0.417 e. The molecule has 1 amide bonds. The molecule has 5 nitrogen and oxygen atoms in total. The fourth-order valence-electron chi connectivity index (χ4n) is 2.86. The van der Waals surface area contributed by atoms with Crippen LogP contribution in [0.4, 0.5) is 13.2 Å². The van der Waals surface area contributed by atoms with Crippen molar-refractivity contribution in [2.45, 2.75) is 38.5 Å². The van der Waals surface area contributed by atoms with Crippen molar-refractivity contribution in [1.82, 2.24) is 20.1 Å². The van der Waals surface area contributed by atoms with E-state index in [1.807, 2.05) is 4.57 Å². The Balaban J connectivity index is 1.68. The second kappa shape index (κ2) is 7.11. The number of alkyl halides is 3. The number of hydrogen-bond acceptors (Lipinski definition) is 3. The lowest BCUT2D eigenvalue weighted by Crippen LogP contribution is -2.27. The summed E-state index contributed by atoms with van der Waals surface area (Å²) in [6, 6.07) is 3.11. The molecule has 1 atom stereocenters. The lowest BCUT2D eigenvalue weighted by Gasteiger charge is -2.12. The number of nitrogens with one attached hydrogen (secondary N) is 1. The zero-order chi connectivity index (χ0) is 18.9. The number of benzene rings is 1. The third kappa shape index (κ3) is 3.90. The van der Waals surface area contributed by atoms with Gasteiger partial charge in [-0.05, 0) is 37.1 Å². The van der Waals surface area contributed by atoms with Gasteiger partial charge in [0.15, 0.2) is 5.82 Å². The van der Waals surface area contributed by atoms with Gasteiger partial charge in [-0.25, -0.2) is 0 Å². The van der Waals surface area contributed by atoms with Crippen LogP contribution in [0.3, 0.4) is 0 Å². The van der Waals surface area contributed by atoms with Gasteiger partial charge in [-0.3, -0.25) is 4.79 Å². The van der Waals surface area contributed by atoms with Gasteiger partial charge >= 0.3 is 6.18 Å². The molecular weight excluding hydrogens is 369 g/mol. The molecular formula is C17H16ClF3N4O. The number of rotatable bonds is 4. The van der Waals surface area contributed by atoms with Crippen LogP contribution >= 0.6 is 11.6 Å². The molecule has 1 N–H and O–H groups in total. The average Bonchev–Trinajstić information content (AvgIpc) is 3.15. The number of aryl methyl sites for hydroxylation is 1. The van der Waals surface area contributed by atoms with Crippen LogP contribution in [0.1, 0.15) is 42.2 Å². The fraction of sp³-hybridized carbons (Fsp3) is 0.353. The number of hydrogen-bond donors (Lipinski definition) is 1. The van der Waals surface area contributed by atoms with Crippen LogP contribution in [0.15, 0.2) is 24.3 Å². The van der Waals surface area contributed by atoms with E-state index in [4.69, 9.17) is 11.6 Å². The minimum Gasteiger partial charge on any atom is -0.343 e. The highest BCUT2D eigenvalue weighted by atomic mass is 35.5. The van der Waals surface area contributed by atoms with Gasteiger partial charge in [0, 0.05) is 19.0 Å². The minimum atomic E-state index is -4.55. The lowest BCUT2D eigenvalue weighted by atomic mass is 10.1. The van der Waals surface area contributed by atoms with Gasteiger partial charge in [0.2, 0.25) is 5.91 Å². The van der Waals surface area contributed by atoms with Crippen LogP contribution in [0.25, 0.3) is 6.08 Å². The van der Waals surface area contributed by atoms with Crippen LogP contribution in [-0.4, -0.2) is 20.7 Å². The van der Waals surface area contributed by atoms with Gasteiger partial charge < -0.3 is 9.88 Å². The van der Waals surface area contributed by atoms with E-state index in [9.17, 15) is 18.0 Å². The Kier molecular flexibility index (Phi) is 5.04. The molecule has 1 unspecified atom stereocenters. The Morgan fingerprint density at radius 1 is 1.38 bits per heavy atom. The van der Waals surface area contributed by atoms with E-state index in [2.05, 4.69) is 15.5 Å². The first-order valence-electron chi connectivity index (χ1n) is 8.03.